The van der Waals surface area contributed by atoms with E-state index in [0.29, 0.717) is 10.5 Å². The van der Waals surface area contributed by atoms with Gasteiger partial charge in [-0.25, -0.2) is 0 Å². The predicted molar refractivity (Wildman–Crippen MR) is 374 cm³/mol. The van der Waals surface area contributed by atoms with Gasteiger partial charge >= 0.3 is 101 Å². The molecule has 1 aromatic carbocycles. The van der Waals surface area contributed by atoms with E-state index in [-0.39, 0.29) is 11.3 Å². The summed E-state index contributed by atoms with van der Waals surface area (Å²) in [6, 6.07) is 4.12. The van der Waals surface area contributed by atoms with Crippen LogP contribution in [-0.2, 0) is 205 Å². The number of hydrogen-bond acceptors (Lipinski definition) is 43. The molecule has 0 bridgehead atoms. The molecule has 1 amide bonds. The van der Waals surface area contributed by atoms with Crippen LogP contribution in [0.3, 0.4) is 0 Å². The Bertz CT molecular complexity index is 3940. The minimum Gasteiger partial charge on any atom is -0.463 e. The molecule has 118 heavy (non-hydrogen) atoms. The van der Waals surface area contributed by atoms with Crippen molar-refractivity contribution in [3.8, 4) is 0 Å². The van der Waals surface area contributed by atoms with E-state index < -0.39 is 299 Å². The third-order valence-corrected chi connectivity index (χ3v) is 17.7. The molecule has 25 atom stereocenters. The first kappa shape index (κ1) is 94.7. The molecule has 0 N–H and O–H groups in total. The maximum Gasteiger partial charge on any atom is 0.303 e. The summed E-state index contributed by atoms with van der Waals surface area (Å²) in [7, 11) is 0. The van der Waals surface area contributed by atoms with Gasteiger partial charge in [-0.15, -0.1) is 0 Å². The molecule has 654 valence electrons. The molecular formula is C74H95NO43. The predicted octanol–water partition coefficient (Wildman–Crippen LogP) is -0.257. The monoisotopic (exact) mass is 1690 g/mol. The van der Waals surface area contributed by atoms with Crippen LogP contribution in [0.15, 0.2) is 18.2 Å². The van der Waals surface area contributed by atoms with Crippen LogP contribution in [0.1, 0.15) is 147 Å². The van der Waals surface area contributed by atoms with Gasteiger partial charge in [0.1, 0.15) is 75.3 Å². The van der Waals surface area contributed by atoms with E-state index in [1.165, 1.54) is 18.2 Å². The van der Waals surface area contributed by atoms with Gasteiger partial charge in [-0.05, 0) is 23.1 Å². The lowest BCUT2D eigenvalue weighted by Gasteiger charge is -2.53. The van der Waals surface area contributed by atoms with Crippen molar-refractivity contribution in [3.63, 3.8) is 0 Å². The molecular weight excluding hydrogens is 1590 g/mol. The van der Waals surface area contributed by atoms with E-state index in [2.05, 4.69) is 0 Å². The molecule has 0 aliphatic carbocycles. The van der Waals surface area contributed by atoms with Gasteiger partial charge in [0.2, 0.25) is 0 Å². The molecule has 5 fully saturated rings. The zero-order chi connectivity index (χ0) is 88.0. The Hall–Kier alpha value is -10.5. The number of esters is 16. The minimum atomic E-state index is -2.68. The second-order valence-corrected chi connectivity index (χ2v) is 28.5. The normalized spacial score (nSPS) is 31.1. The zero-order valence-electron chi connectivity index (χ0n) is 67.7. The highest BCUT2D eigenvalue weighted by Crippen LogP contribution is 2.45. The SMILES string of the molecule is CC(=O)OC[C@H]1O[C@@H](OC[C@H]2O[C@@H](N3C(=O)C(=O)c4cc(C(C)(C)C)ccc43)[C@@H](O[C@@H]3O[C@H](COC(C)=O)[C@@H](OC(C)=O)[C@H](OC(C)=O)[C@@H]3OC(C)=O)[C@@H](O[C@@H]3O[C@H](COC(C)=O)[C@@H](OC(C)=O)[C@H](OC(C)=O)[C@@H]3OC(C)=O)[C@@H]2O[C@@H]2O[C@H](COC(C)=O)[C@@H](OC(C)=O)[C@H](OC(C)=O)[C@@H]2OC(C)=O)[C@@H](OC(C)=O)[C@@H](OC(C)=O)[C@@H]1OC(C)=O. The van der Waals surface area contributed by atoms with Gasteiger partial charge in [-0.1, -0.05) is 26.8 Å². The van der Waals surface area contributed by atoms with E-state index in [1.54, 1.807) is 20.8 Å². The second-order valence-electron chi connectivity index (χ2n) is 28.5. The zero-order valence-corrected chi connectivity index (χ0v) is 67.7. The number of ketones is 1. The van der Waals surface area contributed by atoms with Crippen LogP contribution in [0.2, 0.25) is 0 Å². The Balaban J connectivity index is 1.71. The maximum atomic E-state index is 15.8. The lowest BCUT2D eigenvalue weighted by atomic mass is 9.86. The molecule has 0 radical (unpaired) electrons. The summed E-state index contributed by atoms with van der Waals surface area (Å²) in [6.45, 7) is 14.4. The number of anilines is 1. The summed E-state index contributed by atoms with van der Waals surface area (Å²) in [5.74, 6) is -21.0. The average molecular weight is 1690 g/mol. The van der Waals surface area contributed by atoms with Crippen LogP contribution in [0.4, 0.5) is 5.69 Å². The largest absolute Gasteiger partial charge is 0.463 e. The lowest BCUT2D eigenvalue weighted by Crippen LogP contribution is -2.72. The topological polar surface area (TPSA) is 541 Å². The second kappa shape index (κ2) is 41.3. The number of nitrogens with zero attached hydrogens (tertiary/aromatic N) is 1. The number of carbonyl (C=O) groups excluding carboxylic acids is 18. The Morgan fingerprint density at radius 1 is 0.297 bits per heavy atom. The fourth-order valence-corrected chi connectivity index (χ4v) is 13.6. The van der Waals surface area contributed by atoms with Crippen molar-refractivity contribution < 1.29 is 205 Å². The first-order chi connectivity index (χ1) is 55.1. The minimum absolute atomic E-state index is 0.354. The van der Waals surface area contributed by atoms with Gasteiger partial charge in [0.05, 0.1) is 17.9 Å². The van der Waals surface area contributed by atoms with Crippen molar-refractivity contribution >= 4 is 113 Å². The van der Waals surface area contributed by atoms with Gasteiger partial charge in [0, 0.05) is 111 Å². The number of fused-ring (bicyclic) bond motifs is 1. The van der Waals surface area contributed by atoms with E-state index >= 15 is 9.59 Å². The van der Waals surface area contributed by atoms with Crippen molar-refractivity contribution in [2.45, 2.75) is 290 Å². The summed E-state index contributed by atoms with van der Waals surface area (Å²) >= 11 is 0. The summed E-state index contributed by atoms with van der Waals surface area (Å²) < 4.78 is 152. The summed E-state index contributed by atoms with van der Waals surface area (Å²) in [6.07, 6.45) is -55.7. The number of benzene rings is 1. The Labute approximate surface area is 673 Å². The first-order valence-corrected chi connectivity index (χ1v) is 36.6. The number of ether oxygens (including phenoxy) is 25. The Morgan fingerprint density at radius 2 is 0.551 bits per heavy atom. The van der Waals surface area contributed by atoms with Gasteiger partial charge < -0.3 is 118 Å². The molecule has 1 aromatic rings. The van der Waals surface area contributed by atoms with Gasteiger partial charge in [-0.2, -0.15) is 0 Å². The first-order valence-electron chi connectivity index (χ1n) is 36.6. The van der Waals surface area contributed by atoms with Crippen LogP contribution in [0.25, 0.3) is 0 Å². The van der Waals surface area contributed by atoms with Crippen LogP contribution in [0, 0.1) is 0 Å². The molecule has 5 saturated heterocycles. The molecule has 6 aliphatic heterocycles. The van der Waals surface area contributed by atoms with Gasteiger partial charge in [0.25, 0.3) is 5.78 Å². The molecule has 6 aliphatic rings. The van der Waals surface area contributed by atoms with E-state index in [9.17, 15) is 76.7 Å². The van der Waals surface area contributed by atoms with Crippen molar-refractivity contribution in [2.24, 2.45) is 0 Å². The molecule has 0 saturated carbocycles. The van der Waals surface area contributed by atoms with E-state index in [0.717, 1.165) is 111 Å². The third kappa shape index (κ3) is 25.3. The Kier molecular flexibility index (Phi) is 33.1. The van der Waals surface area contributed by atoms with E-state index in [4.69, 9.17) is 118 Å². The average Bonchev–Trinajstić information content (AvgIpc) is 1.46. The highest BCUT2D eigenvalue weighted by molar-refractivity contribution is 6.52. The molecule has 44 heteroatoms. The fourth-order valence-electron chi connectivity index (χ4n) is 13.6. The number of carbonyl (C=O) groups is 18. The third-order valence-electron chi connectivity index (χ3n) is 17.7. The number of amides is 1. The molecule has 7 rings (SSSR count). The van der Waals surface area contributed by atoms with Gasteiger partial charge in [0.15, 0.2) is 105 Å². The van der Waals surface area contributed by atoms with Crippen LogP contribution < -0.4 is 4.90 Å². The molecule has 44 nitrogen and oxygen atoms in total. The molecule has 0 unspecified atom stereocenters. The summed E-state index contributed by atoms with van der Waals surface area (Å²) in [4.78, 5) is 244. The molecule has 0 aromatic heterocycles. The number of Topliss-reactive ketones (excluding diaryl/α,β-unsaturated/α-hetero) is 1. The number of hydrogen-bond donors (Lipinski definition) is 0. The van der Waals surface area contributed by atoms with Crippen molar-refractivity contribution in [2.75, 3.05) is 37.9 Å². The van der Waals surface area contributed by atoms with Crippen LogP contribution in [0.5, 0.6) is 0 Å². The Morgan fingerprint density at radius 3 is 0.839 bits per heavy atom. The smallest absolute Gasteiger partial charge is 0.303 e. The highest BCUT2D eigenvalue weighted by atomic mass is 16.8. The molecule has 6 heterocycles. The van der Waals surface area contributed by atoms with Crippen LogP contribution in [-0.4, -0.2) is 294 Å². The van der Waals surface area contributed by atoms with E-state index in [1.807, 2.05) is 0 Å². The summed E-state index contributed by atoms with van der Waals surface area (Å²) in [5.41, 5.74) is -1.07. The molecule has 0 spiro atoms. The highest BCUT2D eigenvalue weighted by Gasteiger charge is 2.64. The summed E-state index contributed by atoms with van der Waals surface area (Å²) in [5, 5.41) is 0. The van der Waals surface area contributed by atoms with Crippen molar-refractivity contribution in [3.05, 3.63) is 29.3 Å². The quantitative estimate of drug-likeness (QED) is 0.0544. The standard InChI is InChI=1S/C74H95NO43/c1-28(76)94-23-48-53(99-32(5)80)59(103-36(9)84)64(107-40(13)88)70(112-48)98-27-47-57(116-71-65(108-41(14)89)60(104-37(10)85)54(100-33(6)81)49(113-71)24-95-29(2)77)58(117-72-66(109-42(15)90)61(105-38(11)86)55(101-34(7)82)50(114-72)25-96-30(3)78)63(69(111-47)75-46-21-20-44(74(17,18)19)22-45(46)52(92)68(75)93)118-73-67(110-43(16)91)62(106-39(12)87)56(102-35(8)83)51(115-73)26-97-31(4)79/h20-22,47-51,53-67,69-73H,23-27H2,1-19H3/t47-,48-,49-,50-,51-,53-,54-,55-,56-,57-,58+,59+,60+,61+,62+,63+,64+,65+,66+,67+,69-,70-,71+,72+,73+/m1/s1. The number of rotatable bonds is 30. The maximum absolute atomic E-state index is 15.8. The fraction of sp³-hybridized carbons (Fsp3) is 0.676. The van der Waals surface area contributed by atoms with Crippen molar-refractivity contribution in [1.29, 1.82) is 0 Å². The van der Waals surface area contributed by atoms with Crippen molar-refractivity contribution in [1.82, 2.24) is 0 Å². The van der Waals surface area contributed by atoms with Gasteiger partial charge in [-0.3, -0.25) is 91.2 Å². The van der Waals surface area contributed by atoms with Crippen LogP contribution >= 0.6 is 0 Å². The lowest BCUT2D eigenvalue weighted by molar-refractivity contribution is -0.393.